The zero-order chi connectivity index (χ0) is 19.6. The summed E-state index contributed by atoms with van der Waals surface area (Å²) in [7, 11) is 0. The van der Waals surface area contributed by atoms with Crippen LogP contribution in [0.1, 0.15) is 30.5 Å². The van der Waals surface area contributed by atoms with E-state index in [-0.39, 0.29) is 17.5 Å². The Bertz CT molecular complexity index is 862. The van der Waals surface area contributed by atoms with Gasteiger partial charge in [-0.2, -0.15) is 5.26 Å². The van der Waals surface area contributed by atoms with E-state index in [4.69, 9.17) is 4.74 Å². The Hall–Kier alpha value is -3.32. The van der Waals surface area contributed by atoms with Crippen LogP contribution >= 0.6 is 0 Å². The number of hydrogen-bond donors (Lipinski definition) is 1. The van der Waals surface area contributed by atoms with Crippen LogP contribution in [0.25, 0.3) is 6.08 Å². The lowest BCUT2D eigenvalue weighted by Gasteiger charge is -2.12. The van der Waals surface area contributed by atoms with Crippen LogP contribution in [-0.4, -0.2) is 11.9 Å². The molecule has 0 aliphatic heterocycles. The number of allylic oxidation sites excluding steroid dienone is 1. The lowest BCUT2D eigenvalue weighted by atomic mass is 10.0. The molecule has 2 aromatic carbocycles. The van der Waals surface area contributed by atoms with Crippen molar-refractivity contribution in [2.24, 2.45) is 0 Å². The van der Waals surface area contributed by atoms with Crippen molar-refractivity contribution in [3.05, 3.63) is 83.4 Å². The van der Waals surface area contributed by atoms with Crippen LogP contribution in [0.5, 0.6) is 5.75 Å². The summed E-state index contributed by atoms with van der Waals surface area (Å²) >= 11 is 0. The van der Waals surface area contributed by atoms with Gasteiger partial charge < -0.3 is 10.1 Å². The highest BCUT2D eigenvalue weighted by molar-refractivity contribution is 6.01. The first-order valence-corrected chi connectivity index (χ1v) is 8.86. The molecule has 138 valence electrons. The number of rotatable bonds is 8. The van der Waals surface area contributed by atoms with Crippen LogP contribution in [0.4, 0.5) is 0 Å². The van der Waals surface area contributed by atoms with Crippen LogP contribution in [0, 0.1) is 11.3 Å². The summed E-state index contributed by atoms with van der Waals surface area (Å²) in [5, 5.41) is 12.0. The predicted octanol–water partition coefficient (Wildman–Crippen LogP) is 4.43. The Morgan fingerprint density at radius 1 is 1.26 bits per heavy atom. The topological polar surface area (TPSA) is 62.1 Å². The lowest BCUT2D eigenvalue weighted by molar-refractivity contribution is -0.117. The monoisotopic (exact) mass is 360 g/mol. The Morgan fingerprint density at radius 2 is 2.00 bits per heavy atom. The van der Waals surface area contributed by atoms with Gasteiger partial charge >= 0.3 is 0 Å². The summed E-state index contributed by atoms with van der Waals surface area (Å²) in [6.07, 6.45) is 4.02. The molecule has 2 rings (SSSR count). The fourth-order valence-electron chi connectivity index (χ4n) is 2.54. The Kier molecular flexibility index (Phi) is 7.39. The summed E-state index contributed by atoms with van der Waals surface area (Å²) in [6, 6.07) is 17.5. The molecule has 0 atom stereocenters. The second kappa shape index (κ2) is 9.98. The van der Waals surface area contributed by atoms with E-state index in [1.165, 1.54) is 0 Å². The van der Waals surface area contributed by atoms with E-state index in [9.17, 15) is 10.1 Å². The average Bonchev–Trinajstić information content (AvgIpc) is 2.66. The SMILES string of the molecule is C=CCc1cc(/C=C(/C#N)C(=O)NC(C)C)ccc1OCc1ccccc1. The number of nitrogens with one attached hydrogen (secondary N) is 1. The van der Waals surface area contributed by atoms with Gasteiger partial charge in [-0.1, -0.05) is 42.5 Å². The third-order valence-corrected chi connectivity index (χ3v) is 3.78. The van der Waals surface area contributed by atoms with Crippen molar-refractivity contribution in [2.45, 2.75) is 32.9 Å². The fourth-order valence-corrected chi connectivity index (χ4v) is 2.54. The van der Waals surface area contributed by atoms with Gasteiger partial charge in [-0.3, -0.25) is 4.79 Å². The van der Waals surface area contributed by atoms with Gasteiger partial charge in [0, 0.05) is 6.04 Å². The summed E-state index contributed by atoms with van der Waals surface area (Å²) < 4.78 is 5.95. The van der Waals surface area contributed by atoms with Crippen molar-refractivity contribution in [1.29, 1.82) is 5.26 Å². The van der Waals surface area contributed by atoms with Gasteiger partial charge in [0.1, 0.15) is 24.0 Å². The number of nitriles is 1. The number of carbonyl (C=O) groups is 1. The van der Waals surface area contributed by atoms with E-state index in [2.05, 4.69) is 11.9 Å². The minimum Gasteiger partial charge on any atom is -0.489 e. The summed E-state index contributed by atoms with van der Waals surface area (Å²) in [5.41, 5.74) is 2.89. The molecule has 0 unspecified atom stereocenters. The third kappa shape index (κ3) is 6.16. The summed E-state index contributed by atoms with van der Waals surface area (Å²) in [4.78, 5) is 12.1. The molecule has 0 radical (unpaired) electrons. The second-order valence-corrected chi connectivity index (χ2v) is 6.43. The molecule has 0 spiro atoms. The number of amides is 1. The van der Waals surface area contributed by atoms with Crippen molar-refractivity contribution >= 4 is 12.0 Å². The maximum absolute atomic E-state index is 12.1. The molecule has 4 heteroatoms. The van der Waals surface area contributed by atoms with Gasteiger partial charge in [-0.25, -0.2) is 0 Å². The molecular weight excluding hydrogens is 336 g/mol. The van der Waals surface area contributed by atoms with Crippen molar-refractivity contribution in [3.63, 3.8) is 0 Å². The van der Waals surface area contributed by atoms with Crippen LogP contribution in [0.3, 0.4) is 0 Å². The van der Waals surface area contributed by atoms with Crippen LogP contribution in [0.15, 0.2) is 66.8 Å². The first-order chi connectivity index (χ1) is 13.0. The van der Waals surface area contributed by atoms with Crippen molar-refractivity contribution < 1.29 is 9.53 Å². The molecule has 1 amide bonds. The van der Waals surface area contributed by atoms with E-state index in [1.54, 1.807) is 12.2 Å². The molecular formula is C23H24N2O2. The zero-order valence-electron chi connectivity index (χ0n) is 15.7. The van der Waals surface area contributed by atoms with E-state index >= 15 is 0 Å². The van der Waals surface area contributed by atoms with Gasteiger partial charge in [0.2, 0.25) is 0 Å². The molecule has 2 aromatic rings. The highest BCUT2D eigenvalue weighted by Gasteiger charge is 2.11. The van der Waals surface area contributed by atoms with E-state index in [0.717, 1.165) is 22.4 Å². The van der Waals surface area contributed by atoms with Crippen LogP contribution in [-0.2, 0) is 17.8 Å². The number of carbonyl (C=O) groups excluding carboxylic acids is 1. The third-order valence-electron chi connectivity index (χ3n) is 3.78. The van der Waals surface area contributed by atoms with E-state index in [1.807, 2.05) is 68.4 Å². The van der Waals surface area contributed by atoms with Gasteiger partial charge in [0.05, 0.1) is 0 Å². The molecule has 0 aliphatic rings. The second-order valence-electron chi connectivity index (χ2n) is 6.43. The molecule has 27 heavy (non-hydrogen) atoms. The highest BCUT2D eigenvalue weighted by atomic mass is 16.5. The quantitative estimate of drug-likeness (QED) is 0.430. The molecule has 0 saturated carbocycles. The largest absolute Gasteiger partial charge is 0.489 e. The molecule has 4 nitrogen and oxygen atoms in total. The predicted molar refractivity (Wildman–Crippen MR) is 108 cm³/mol. The molecule has 0 fully saturated rings. The van der Waals surface area contributed by atoms with E-state index in [0.29, 0.717) is 13.0 Å². The molecule has 0 heterocycles. The average molecular weight is 360 g/mol. The molecule has 1 N–H and O–H groups in total. The van der Waals surface area contributed by atoms with Crippen molar-refractivity contribution in [3.8, 4) is 11.8 Å². The van der Waals surface area contributed by atoms with Gasteiger partial charge in [-0.15, -0.1) is 6.58 Å². The Morgan fingerprint density at radius 3 is 2.63 bits per heavy atom. The first-order valence-electron chi connectivity index (χ1n) is 8.86. The van der Waals surface area contributed by atoms with Crippen LogP contribution in [0.2, 0.25) is 0 Å². The number of benzene rings is 2. The number of hydrogen-bond acceptors (Lipinski definition) is 3. The van der Waals surface area contributed by atoms with Crippen molar-refractivity contribution in [1.82, 2.24) is 5.32 Å². The van der Waals surface area contributed by atoms with E-state index < -0.39 is 0 Å². The summed E-state index contributed by atoms with van der Waals surface area (Å²) in [5.74, 6) is 0.392. The lowest BCUT2D eigenvalue weighted by Crippen LogP contribution is -2.30. The highest BCUT2D eigenvalue weighted by Crippen LogP contribution is 2.24. The van der Waals surface area contributed by atoms with Crippen molar-refractivity contribution in [2.75, 3.05) is 0 Å². The Balaban J connectivity index is 2.23. The molecule has 0 saturated heterocycles. The van der Waals surface area contributed by atoms with Gasteiger partial charge in [0.15, 0.2) is 0 Å². The zero-order valence-corrected chi connectivity index (χ0v) is 15.7. The number of ether oxygens (including phenoxy) is 1. The van der Waals surface area contributed by atoms with Gasteiger partial charge in [-0.05, 0) is 55.2 Å². The smallest absolute Gasteiger partial charge is 0.262 e. The van der Waals surface area contributed by atoms with Crippen LogP contribution < -0.4 is 10.1 Å². The van der Waals surface area contributed by atoms with Gasteiger partial charge in [0.25, 0.3) is 5.91 Å². The summed E-state index contributed by atoms with van der Waals surface area (Å²) in [6.45, 7) is 7.98. The first kappa shape index (κ1) is 20.0. The number of nitrogens with zero attached hydrogens (tertiary/aromatic N) is 1. The maximum Gasteiger partial charge on any atom is 0.262 e. The normalized spacial score (nSPS) is 11.0. The molecule has 0 aromatic heterocycles. The standard InChI is InChI=1S/C23H24N2O2/c1-4-8-20-13-19(14-21(15-24)23(26)25-17(2)3)11-12-22(20)27-16-18-9-6-5-7-10-18/h4-7,9-14,17H,1,8,16H2,2-3H3,(H,25,26)/b21-14-. The minimum atomic E-state index is -0.373. The molecule has 0 aliphatic carbocycles. The minimum absolute atomic E-state index is 0.0284. The Labute approximate surface area is 160 Å². The fraction of sp³-hybridized carbons (Fsp3) is 0.217. The maximum atomic E-state index is 12.1. The molecule has 0 bridgehead atoms.